The highest BCUT2D eigenvalue weighted by Gasteiger charge is 2.19. The standard InChI is InChI=1S/C14H19NO4S/c1-10-4-6-13(7-5-10)20(18,19)15-9-14(17)11(2)8-12(3)16/h4-7,11,15H,8-9H2,1-3H3. The van der Waals surface area contributed by atoms with E-state index in [1.807, 2.05) is 6.92 Å². The largest absolute Gasteiger partial charge is 0.300 e. The van der Waals surface area contributed by atoms with Gasteiger partial charge in [0, 0.05) is 12.3 Å². The molecule has 0 spiro atoms. The van der Waals surface area contributed by atoms with Crippen molar-refractivity contribution in [1.82, 2.24) is 4.72 Å². The number of nitrogens with one attached hydrogen (secondary N) is 1. The Hall–Kier alpha value is -1.53. The van der Waals surface area contributed by atoms with Crippen LogP contribution in [0.3, 0.4) is 0 Å². The highest BCUT2D eigenvalue weighted by Crippen LogP contribution is 2.10. The van der Waals surface area contributed by atoms with Gasteiger partial charge < -0.3 is 4.79 Å². The summed E-state index contributed by atoms with van der Waals surface area (Å²) in [5.74, 6) is -0.864. The zero-order chi connectivity index (χ0) is 15.3. The lowest BCUT2D eigenvalue weighted by Crippen LogP contribution is -2.32. The lowest BCUT2D eigenvalue weighted by molar-refractivity contribution is -0.125. The molecule has 1 unspecified atom stereocenters. The van der Waals surface area contributed by atoms with E-state index in [-0.39, 0.29) is 29.4 Å². The average molecular weight is 297 g/mol. The van der Waals surface area contributed by atoms with Gasteiger partial charge in [-0.25, -0.2) is 13.1 Å². The molecule has 1 atom stereocenters. The van der Waals surface area contributed by atoms with Crippen molar-refractivity contribution in [3.8, 4) is 0 Å². The van der Waals surface area contributed by atoms with Gasteiger partial charge in [0.1, 0.15) is 5.78 Å². The second-order valence-electron chi connectivity index (χ2n) is 4.91. The van der Waals surface area contributed by atoms with Gasteiger partial charge in [-0.3, -0.25) is 4.79 Å². The molecule has 1 aromatic rings. The van der Waals surface area contributed by atoms with E-state index in [0.29, 0.717) is 0 Å². The van der Waals surface area contributed by atoms with Crippen LogP contribution in [0.15, 0.2) is 29.2 Å². The molecule has 0 amide bonds. The molecule has 1 rings (SSSR count). The summed E-state index contributed by atoms with van der Waals surface area (Å²) in [6, 6.07) is 6.35. The number of carbonyl (C=O) groups is 2. The molecule has 0 saturated carbocycles. The van der Waals surface area contributed by atoms with Gasteiger partial charge in [0.25, 0.3) is 0 Å². The van der Waals surface area contributed by atoms with Crippen LogP contribution in [0.25, 0.3) is 0 Å². The monoisotopic (exact) mass is 297 g/mol. The third kappa shape index (κ3) is 4.86. The lowest BCUT2D eigenvalue weighted by atomic mass is 10.0. The number of Topliss-reactive ketones (excluding diaryl/α,β-unsaturated/α-hetero) is 2. The number of sulfonamides is 1. The molecule has 0 saturated heterocycles. The molecule has 0 radical (unpaired) electrons. The molecule has 0 aliphatic carbocycles. The summed E-state index contributed by atoms with van der Waals surface area (Å²) in [5, 5.41) is 0. The van der Waals surface area contributed by atoms with Crippen LogP contribution >= 0.6 is 0 Å². The summed E-state index contributed by atoms with van der Waals surface area (Å²) in [4.78, 5) is 22.8. The van der Waals surface area contributed by atoms with Crippen molar-refractivity contribution >= 4 is 21.6 Å². The summed E-state index contributed by atoms with van der Waals surface area (Å²) in [7, 11) is -3.69. The molecule has 110 valence electrons. The molecule has 0 aliphatic rings. The van der Waals surface area contributed by atoms with Gasteiger partial charge >= 0.3 is 0 Å². The van der Waals surface area contributed by atoms with Gasteiger partial charge in [-0.05, 0) is 26.0 Å². The topological polar surface area (TPSA) is 80.3 Å². The van der Waals surface area contributed by atoms with Gasteiger partial charge in [0.05, 0.1) is 11.4 Å². The number of rotatable bonds is 7. The van der Waals surface area contributed by atoms with Crippen LogP contribution in [0.4, 0.5) is 0 Å². The SMILES string of the molecule is CC(=O)CC(C)C(=O)CNS(=O)(=O)c1ccc(C)cc1. The maximum Gasteiger partial charge on any atom is 0.240 e. The van der Waals surface area contributed by atoms with E-state index in [9.17, 15) is 18.0 Å². The Labute approximate surface area is 119 Å². The molecule has 1 aromatic carbocycles. The number of hydrogen-bond acceptors (Lipinski definition) is 4. The summed E-state index contributed by atoms with van der Waals surface area (Å²) in [6.07, 6.45) is 0.130. The zero-order valence-corrected chi connectivity index (χ0v) is 12.7. The molecule has 0 aromatic heterocycles. The Balaban J connectivity index is 2.66. The predicted octanol–water partition coefficient (Wildman–Crippen LogP) is 1.46. The minimum Gasteiger partial charge on any atom is -0.300 e. The van der Waals surface area contributed by atoms with Crippen molar-refractivity contribution in [2.75, 3.05) is 6.54 Å². The van der Waals surface area contributed by atoms with E-state index < -0.39 is 15.9 Å². The Morgan fingerprint density at radius 2 is 1.75 bits per heavy atom. The van der Waals surface area contributed by atoms with Crippen LogP contribution < -0.4 is 4.72 Å². The quantitative estimate of drug-likeness (QED) is 0.826. The second-order valence-corrected chi connectivity index (χ2v) is 6.68. The highest BCUT2D eigenvalue weighted by molar-refractivity contribution is 7.89. The first-order chi connectivity index (χ1) is 9.22. The number of carbonyl (C=O) groups excluding carboxylic acids is 2. The van der Waals surface area contributed by atoms with E-state index in [1.165, 1.54) is 19.1 Å². The van der Waals surface area contributed by atoms with Gasteiger partial charge in [0.2, 0.25) is 10.0 Å². The van der Waals surface area contributed by atoms with Crippen LogP contribution in [-0.4, -0.2) is 26.5 Å². The van der Waals surface area contributed by atoms with E-state index in [1.54, 1.807) is 19.1 Å². The Morgan fingerprint density at radius 3 is 2.25 bits per heavy atom. The number of hydrogen-bond donors (Lipinski definition) is 1. The molecule has 0 fully saturated rings. The third-order valence-corrected chi connectivity index (χ3v) is 4.33. The molecule has 6 heteroatoms. The fraction of sp³-hybridized carbons (Fsp3) is 0.429. The summed E-state index contributed by atoms with van der Waals surface area (Å²) < 4.78 is 26.2. The molecule has 0 bridgehead atoms. The van der Waals surface area contributed by atoms with Gasteiger partial charge in [-0.1, -0.05) is 24.6 Å². The van der Waals surface area contributed by atoms with Gasteiger partial charge in [0.15, 0.2) is 5.78 Å². The van der Waals surface area contributed by atoms with Crippen LogP contribution in [-0.2, 0) is 19.6 Å². The lowest BCUT2D eigenvalue weighted by Gasteiger charge is -2.10. The van der Waals surface area contributed by atoms with Crippen LogP contribution in [0.1, 0.15) is 25.8 Å². The van der Waals surface area contributed by atoms with Crippen LogP contribution in [0, 0.1) is 12.8 Å². The van der Waals surface area contributed by atoms with E-state index >= 15 is 0 Å². The molecular formula is C14H19NO4S. The molecule has 0 heterocycles. The minimum atomic E-state index is -3.69. The Kier molecular flexibility index (Phi) is 5.59. The zero-order valence-electron chi connectivity index (χ0n) is 11.8. The first-order valence-electron chi connectivity index (χ1n) is 6.31. The van der Waals surface area contributed by atoms with Crippen molar-refractivity contribution < 1.29 is 18.0 Å². The minimum absolute atomic E-state index is 0.0905. The molecule has 0 aliphatic heterocycles. The average Bonchev–Trinajstić information content (AvgIpc) is 2.35. The van der Waals surface area contributed by atoms with Crippen molar-refractivity contribution in [2.24, 2.45) is 5.92 Å². The number of ketones is 2. The maximum atomic E-state index is 12.0. The maximum absolute atomic E-state index is 12.0. The van der Waals surface area contributed by atoms with Crippen LogP contribution in [0.2, 0.25) is 0 Å². The first-order valence-corrected chi connectivity index (χ1v) is 7.79. The molecule has 5 nitrogen and oxygen atoms in total. The summed E-state index contributed by atoms with van der Waals surface area (Å²) >= 11 is 0. The predicted molar refractivity (Wildman–Crippen MR) is 75.8 cm³/mol. The normalized spacial score (nSPS) is 12.9. The van der Waals surface area contributed by atoms with E-state index in [4.69, 9.17) is 0 Å². The first kappa shape index (κ1) is 16.5. The van der Waals surface area contributed by atoms with Crippen molar-refractivity contribution in [1.29, 1.82) is 0 Å². The fourth-order valence-electron chi connectivity index (χ4n) is 1.69. The van der Waals surface area contributed by atoms with Crippen molar-refractivity contribution in [3.05, 3.63) is 29.8 Å². The molecule has 1 N–H and O–H groups in total. The molecular weight excluding hydrogens is 278 g/mol. The molecule has 20 heavy (non-hydrogen) atoms. The fourth-order valence-corrected chi connectivity index (χ4v) is 2.68. The Morgan fingerprint density at radius 1 is 1.20 bits per heavy atom. The Bertz CT molecular complexity index is 590. The number of benzene rings is 1. The smallest absolute Gasteiger partial charge is 0.240 e. The third-order valence-electron chi connectivity index (χ3n) is 2.91. The van der Waals surface area contributed by atoms with Crippen LogP contribution in [0.5, 0.6) is 0 Å². The second kappa shape index (κ2) is 6.76. The van der Waals surface area contributed by atoms with Gasteiger partial charge in [-0.15, -0.1) is 0 Å². The van der Waals surface area contributed by atoms with Crippen molar-refractivity contribution in [3.63, 3.8) is 0 Å². The summed E-state index contributed by atoms with van der Waals surface area (Å²) in [6.45, 7) is 4.58. The summed E-state index contributed by atoms with van der Waals surface area (Å²) in [5.41, 5.74) is 0.954. The van der Waals surface area contributed by atoms with Crippen molar-refractivity contribution in [2.45, 2.75) is 32.1 Å². The van der Waals surface area contributed by atoms with E-state index in [2.05, 4.69) is 4.72 Å². The number of aryl methyl sites for hydroxylation is 1. The highest BCUT2D eigenvalue weighted by atomic mass is 32.2. The van der Waals surface area contributed by atoms with E-state index in [0.717, 1.165) is 5.56 Å². The van der Waals surface area contributed by atoms with Gasteiger partial charge in [-0.2, -0.15) is 0 Å².